The smallest absolute Gasteiger partial charge is 0.307 e. The summed E-state index contributed by atoms with van der Waals surface area (Å²) in [5.74, 6) is -0.216. The molecule has 0 spiro atoms. The summed E-state index contributed by atoms with van der Waals surface area (Å²) in [7, 11) is 1.88. The van der Waals surface area contributed by atoms with Gasteiger partial charge in [0.15, 0.2) is 0 Å². The number of hydrogen-bond acceptors (Lipinski definition) is 4. The second kappa shape index (κ2) is 6.65. The van der Waals surface area contributed by atoms with Crippen molar-refractivity contribution in [1.82, 2.24) is 0 Å². The molecule has 0 N–H and O–H groups in total. The van der Waals surface area contributed by atoms with Crippen LogP contribution < -0.4 is 4.90 Å². The number of nitriles is 1. The van der Waals surface area contributed by atoms with E-state index in [-0.39, 0.29) is 12.0 Å². The first-order valence-electron chi connectivity index (χ1n) is 5.97. The van der Waals surface area contributed by atoms with Crippen LogP contribution in [-0.2, 0) is 9.53 Å². The molecule has 1 aromatic rings. The average molecular weight is 246 g/mol. The quantitative estimate of drug-likeness (QED) is 0.748. The van der Waals surface area contributed by atoms with E-state index in [1.807, 2.05) is 37.1 Å². The number of benzene rings is 1. The van der Waals surface area contributed by atoms with Crippen LogP contribution in [0.15, 0.2) is 24.3 Å². The Kier molecular flexibility index (Phi) is 5.19. The zero-order valence-electron chi connectivity index (χ0n) is 11.0. The molecule has 0 aliphatic carbocycles. The first-order chi connectivity index (χ1) is 8.60. The van der Waals surface area contributed by atoms with Crippen molar-refractivity contribution in [2.45, 2.75) is 26.3 Å². The number of rotatable bonds is 5. The van der Waals surface area contributed by atoms with E-state index in [4.69, 9.17) is 10.00 Å². The maximum atomic E-state index is 11.4. The van der Waals surface area contributed by atoms with E-state index in [0.29, 0.717) is 18.6 Å². The first-order valence-corrected chi connectivity index (χ1v) is 5.97. The number of esters is 1. The third-order valence-electron chi connectivity index (χ3n) is 2.83. The molecule has 0 saturated carbocycles. The predicted octanol–water partition coefficient (Wildman–Crippen LogP) is 2.34. The van der Waals surface area contributed by atoms with Crippen LogP contribution in [0.4, 0.5) is 5.69 Å². The van der Waals surface area contributed by atoms with Crippen LogP contribution in [0.3, 0.4) is 0 Å². The largest absolute Gasteiger partial charge is 0.466 e. The van der Waals surface area contributed by atoms with E-state index in [0.717, 1.165) is 5.69 Å². The van der Waals surface area contributed by atoms with Gasteiger partial charge in [-0.05, 0) is 26.0 Å². The molecule has 18 heavy (non-hydrogen) atoms. The number of carbonyl (C=O) groups is 1. The Hall–Kier alpha value is -2.02. The SMILES string of the molecule is CCOC(=O)CC(C)N(C)c1ccccc1C#N. The Morgan fingerprint density at radius 3 is 2.78 bits per heavy atom. The second-order valence-electron chi connectivity index (χ2n) is 4.10. The number of hydrogen-bond donors (Lipinski definition) is 0. The van der Waals surface area contributed by atoms with Gasteiger partial charge in [-0.1, -0.05) is 12.1 Å². The van der Waals surface area contributed by atoms with Crippen molar-refractivity contribution in [2.75, 3.05) is 18.6 Å². The summed E-state index contributed by atoms with van der Waals surface area (Å²) in [6.07, 6.45) is 0.310. The topological polar surface area (TPSA) is 53.3 Å². The molecular weight excluding hydrogens is 228 g/mol. The molecule has 96 valence electrons. The summed E-state index contributed by atoms with van der Waals surface area (Å²) in [5, 5.41) is 9.05. The minimum absolute atomic E-state index is 0.0152. The summed E-state index contributed by atoms with van der Waals surface area (Å²) in [6, 6.07) is 9.48. The minimum Gasteiger partial charge on any atom is -0.466 e. The molecule has 0 bridgehead atoms. The lowest BCUT2D eigenvalue weighted by Gasteiger charge is -2.27. The zero-order valence-corrected chi connectivity index (χ0v) is 11.0. The van der Waals surface area contributed by atoms with Crippen molar-refractivity contribution in [3.63, 3.8) is 0 Å². The standard InChI is InChI=1S/C14H18N2O2/c1-4-18-14(17)9-11(2)16(3)13-8-6-5-7-12(13)10-15/h5-8,11H,4,9H2,1-3H3. The predicted molar refractivity (Wildman–Crippen MR) is 70.3 cm³/mol. The lowest BCUT2D eigenvalue weighted by Crippen LogP contribution is -2.32. The summed E-state index contributed by atoms with van der Waals surface area (Å²) in [6.45, 7) is 4.12. The molecule has 0 aliphatic rings. The Balaban J connectivity index is 2.77. The zero-order chi connectivity index (χ0) is 13.5. The van der Waals surface area contributed by atoms with Crippen LogP contribution in [-0.4, -0.2) is 25.7 Å². The molecule has 0 aliphatic heterocycles. The number of nitrogens with zero attached hydrogens (tertiary/aromatic N) is 2. The normalized spacial score (nSPS) is 11.4. The van der Waals surface area contributed by atoms with Crippen molar-refractivity contribution >= 4 is 11.7 Å². The lowest BCUT2D eigenvalue weighted by atomic mass is 10.1. The van der Waals surface area contributed by atoms with Gasteiger partial charge in [-0.2, -0.15) is 5.26 Å². The second-order valence-corrected chi connectivity index (χ2v) is 4.10. The lowest BCUT2D eigenvalue weighted by molar-refractivity contribution is -0.143. The molecule has 1 unspecified atom stereocenters. The molecule has 0 amide bonds. The number of para-hydroxylation sites is 1. The Labute approximate surface area is 108 Å². The summed E-state index contributed by atoms with van der Waals surface area (Å²) in [4.78, 5) is 13.4. The van der Waals surface area contributed by atoms with E-state index in [1.165, 1.54) is 0 Å². The van der Waals surface area contributed by atoms with Crippen molar-refractivity contribution in [1.29, 1.82) is 5.26 Å². The summed E-state index contributed by atoms with van der Waals surface area (Å²) in [5.41, 5.74) is 1.44. The fraction of sp³-hybridized carbons (Fsp3) is 0.429. The molecule has 4 nitrogen and oxygen atoms in total. The minimum atomic E-state index is -0.216. The molecule has 0 heterocycles. The fourth-order valence-corrected chi connectivity index (χ4v) is 1.71. The molecule has 1 aromatic carbocycles. The van der Waals surface area contributed by atoms with E-state index in [9.17, 15) is 4.79 Å². The highest BCUT2D eigenvalue weighted by Crippen LogP contribution is 2.21. The highest BCUT2D eigenvalue weighted by molar-refractivity contribution is 5.71. The van der Waals surface area contributed by atoms with E-state index < -0.39 is 0 Å². The van der Waals surface area contributed by atoms with Crippen LogP contribution in [0.5, 0.6) is 0 Å². The van der Waals surface area contributed by atoms with Crippen LogP contribution in [0.1, 0.15) is 25.8 Å². The Morgan fingerprint density at radius 2 is 2.17 bits per heavy atom. The monoisotopic (exact) mass is 246 g/mol. The van der Waals surface area contributed by atoms with Crippen molar-refractivity contribution in [3.8, 4) is 6.07 Å². The van der Waals surface area contributed by atoms with Crippen molar-refractivity contribution in [2.24, 2.45) is 0 Å². The van der Waals surface area contributed by atoms with Gasteiger partial charge >= 0.3 is 5.97 Å². The summed E-state index contributed by atoms with van der Waals surface area (Å²) >= 11 is 0. The van der Waals surface area contributed by atoms with E-state index >= 15 is 0 Å². The van der Waals surface area contributed by atoms with Gasteiger partial charge in [0.1, 0.15) is 6.07 Å². The van der Waals surface area contributed by atoms with Gasteiger partial charge in [-0.3, -0.25) is 4.79 Å². The Morgan fingerprint density at radius 1 is 1.50 bits per heavy atom. The van der Waals surface area contributed by atoms with Gasteiger partial charge in [-0.25, -0.2) is 0 Å². The Bertz CT molecular complexity index is 451. The molecular formula is C14H18N2O2. The van der Waals surface area contributed by atoms with Gasteiger partial charge in [0.05, 0.1) is 24.3 Å². The van der Waals surface area contributed by atoms with Crippen molar-refractivity contribution < 1.29 is 9.53 Å². The molecule has 0 aromatic heterocycles. The molecule has 1 atom stereocenters. The third-order valence-corrected chi connectivity index (χ3v) is 2.83. The molecule has 4 heteroatoms. The van der Waals surface area contributed by atoms with Crippen LogP contribution in [0.2, 0.25) is 0 Å². The van der Waals surface area contributed by atoms with Gasteiger partial charge in [0.2, 0.25) is 0 Å². The highest BCUT2D eigenvalue weighted by atomic mass is 16.5. The van der Waals surface area contributed by atoms with Crippen LogP contribution in [0, 0.1) is 11.3 Å². The molecule has 0 radical (unpaired) electrons. The summed E-state index contributed by atoms with van der Waals surface area (Å²) < 4.78 is 4.92. The van der Waals surface area contributed by atoms with Crippen molar-refractivity contribution in [3.05, 3.63) is 29.8 Å². The highest BCUT2D eigenvalue weighted by Gasteiger charge is 2.17. The van der Waals surface area contributed by atoms with E-state index in [2.05, 4.69) is 6.07 Å². The van der Waals surface area contributed by atoms with Gasteiger partial charge in [0.25, 0.3) is 0 Å². The number of anilines is 1. The van der Waals surface area contributed by atoms with Crippen LogP contribution in [0.25, 0.3) is 0 Å². The van der Waals surface area contributed by atoms with Gasteiger partial charge in [0, 0.05) is 13.1 Å². The average Bonchev–Trinajstić information content (AvgIpc) is 2.38. The number of ether oxygens (including phenoxy) is 1. The maximum absolute atomic E-state index is 11.4. The fourth-order valence-electron chi connectivity index (χ4n) is 1.71. The van der Waals surface area contributed by atoms with Crippen LogP contribution >= 0.6 is 0 Å². The molecule has 0 saturated heterocycles. The number of carbonyl (C=O) groups excluding carboxylic acids is 1. The van der Waals surface area contributed by atoms with Gasteiger partial charge in [-0.15, -0.1) is 0 Å². The molecule has 1 rings (SSSR count). The maximum Gasteiger partial charge on any atom is 0.307 e. The van der Waals surface area contributed by atoms with E-state index in [1.54, 1.807) is 13.0 Å². The third kappa shape index (κ3) is 3.49. The molecule has 0 fully saturated rings. The first kappa shape index (κ1) is 14.0. The van der Waals surface area contributed by atoms with Gasteiger partial charge < -0.3 is 9.64 Å².